The second-order valence-electron chi connectivity index (χ2n) is 4.78. The van der Waals surface area contributed by atoms with Gasteiger partial charge in [0.15, 0.2) is 0 Å². The van der Waals surface area contributed by atoms with Gasteiger partial charge in [-0.1, -0.05) is 6.07 Å². The smallest absolute Gasteiger partial charge is 0.230 e. The van der Waals surface area contributed by atoms with Crippen molar-refractivity contribution >= 4 is 17.7 Å². The third-order valence-corrected chi connectivity index (χ3v) is 4.13. The van der Waals surface area contributed by atoms with Gasteiger partial charge in [-0.2, -0.15) is 0 Å². The number of hydrogen-bond acceptors (Lipinski definition) is 2. The van der Waals surface area contributed by atoms with Crippen LogP contribution in [0.25, 0.3) is 0 Å². The number of aryl methyl sites for hydroxylation is 2. The van der Waals surface area contributed by atoms with Gasteiger partial charge in [-0.15, -0.1) is 11.8 Å². The molecule has 1 saturated carbocycles. The van der Waals surface area contributed by atoms with E-state index in [-0.39, 0.29) is 5.91 Å². The summed E-state index contributed by atoms with van der Waals surface area (Å²) in [7, 11) is 0. The van der Waals surface area contributed by atoms with E-state index in [0.29, 0.717) is 5.75 Å². The molecule has 1 aromatic rings. The van der Waals surface area contributed by atoms with Gasteiger partial charge in [0, 0.05) is 11.4 Å². The third kappa shape index (κ3) is 4.08. The van der Waals surface area contributed by atoms with Crippen LogP contribution in [0.2, 0.25) is 0 Å². The van der Waals surface area contributed by atoms with Gasteiger partial charge in [0.05, 0.1) is 5.75 Å². The van der Waals surface area contributed by atoms with Gasteiger partial charge >= 0.3 is 0 Å². The van der Waals surface area contributed by atoms with Crippen molar-refractivity contribution in [1.82, 2.24) is 5.32 Å². The Bertz CT molecular complexity index is 413. The third-order valence-electron chi connectivity index (χ3n) is 3.13. The lowest BCUT2D eigenvalue weighted by molar-refractivity contribution is -0.118. The zero-order valence-electron chi connectivity index (χ0n) is 10.5. The van der Waals surface area contributed by atoms with E-state index < -0.39 is 0 Å². The number of carbonyl (C=O) groups excluding carboxylic acids is 1. The molecule has 2 rings (SSSR count). The van der Waals surface area contributed by atoms with Crippen LogP contribution in [0.4, 0.5) is 0 Å². The lowest BCUT2D eigenvalue weighted by Gasteiger charge is -2.06. The van der Waals surface area contributed by atoms with Gasteiger partial charge in [0.2, 0.25) is 5.91 Å². The standard InChI is InChI=1S/C14H19NOS/c1-10-3-6-13(7-11(10)2)17-9-14(16)15-8-12-4-5-12/h3,6-7,12H,4-5,8-9H2,1-2H3,(H,15,16). The van der Waals surface area contributed by atoms with Gasteiger partial charge in [0.25, 0.3) is 0 Å². The summed E-state index contributed by atoms with van der Waals surface area (Å²) in [6.07, 6.45) is 2.56. The van der Waals surface area contributed by atoms with Crippen molar-refractivity contribution in [1.29, 1.82) is 0 Å². The van der Waals surface area contributed by atoms with Crippen molar-refractivity contribution in [2.75, 3.05) is 12.3 Å². The van der Waals surface area contributed by atoms with E-state index in [2.05, 4.69) is 37.4 Å². The zero-order valence-corrected chi connectivity index (χ0v) is 11.3. The molecule has 3 heteroatoms. The molecule has 0 saturated heterocycles. The first-order chi connectivity index (χ1) is 8.15. The molecular formula is C14H19NOS. The molecule has 0 radical (unpaired) electrons. The molecule has 0 aromatic heterocycles. The Morgan fingerprint density at radius 2 is 2.12 bits per heavy atom. The molecule has 0 unspecified atom stereocenters. The zero-order chi connectivity index (χ0) is 12.3. The fraction of sp³-hybridized carbons (Fsp3) is 0.500. The number of carbonyl (C=O) groups is 1. The van der Waals surface area contributed by atoms with Crippen molar-refractivity contribution < 1.29 is 4.79 Å². The summed E-state index contributed by atoms with van der Waals surface area (Å²) < 4.78 is 0. The first-order valence-electron chi connectivity index (χ1n) is 6.12. The van der Waals surface area contributed by atoms with E-state index >= 15 is 0 Å². The average Bonchev–Trinajstić information content (AvgIpc) is 3.12. The molecule has 92 valence electrons. The molecule has 1 aromatic carbocycles. The van der Waals surface area contributed by atoms with Crippen molar-refractivity contribution in [3.8, 4) is 0 Å². The Labute approximate surface area is 107 Å². The maximum absolute atomic E-state index is 11.6. The van der Waals surface area contributed by atoms with Crippen LogP contribution < -0.4 is 5.32 Å². The molecule has 1 N–H and O–H groups in total. The molecule has 0 spiro atoms. The normalized spacial score (nSPS) is 14.7. The summed E-state index contributed by atoms with van der Waals surface area (Å²) in [6.45, 7) is 5.07. The second kappa shape index (κ2) is 5.58. The number of rotatable bonds is 5. The largest absolute Gasteiger partial charge is 0.355 e. The summed E-state index contributed by atoms with van der Waals surface area (Å²) in [5.74, 6) is 1.43. The highest BCUT2D eigenvalue weighted by atomic mass is 32.2. The van der Waals surface area contributed by atoms with Crippen LogP contribution in [-0.2, 0) is 4.79 Å². The maximum atomic E-state index is 11.6. The highest BCUT2D eigenvalue weighted by molar-refractivity contribution is 8.00. The Hall–Kier alpha value is -0.960. The first kappa shape index (κ1) is 12.5. The minimum absolute atomic E-state index is 0.153. The SMILES string of the molecule is Cc1ccc(SCC(=O)NCC2CC2)cc1C. The van der Waals surface area contributed by atoms with Crippen molar-refractivity contribution in [3.05, 3.63) is 29.3 Å². The quantitative estimate of drug-likeness (QED) is 0.813. The van der Waals surface area contributed by atoms with Crippen molar-refractivity contribution in [2.45, 2.75) is 31.6 Å². The van der Waals surface area contributed by atoms with Gasteiger partial charge < -0.3 is 5.32 Å². The number of thioether (sulfide) groups is 1. The van der Waals surface area contributed by atoms with E-state index in [1.807, 2.05) is 0 Å². The summed E-state index contributed by atoms with van der Waals surface area (Å²) in [6, 6.07) is 6.34. The van der Waals surface area contributed by atoms with Crippen LogP contribution in [0, 0.1) is 19.8 Å². The monoisotopic (exact) mass is 249 g/mol. The van der Waals surface area contributed by atoms with E-state index in [4.69, 9.17) is 0 Å². The summed E-state index contributed by atoms with van der Waals surface area (Å²) in [5.41, 5.74) is 2.58. The maximum Gasteiger partial charge on any atom is 0.230 e. The van der Waals surface area contributed by atoms with Crippen LogP contribution in [0.5, 0.6) is 0 Å². The van der Waals surface area contributed by atoms with E-state index in [0.717, 1.165) is 12.5 Å². The molecule has 1 amide bonds. The van der Waals surface area contributed by atoms with Crippen molar-refractivity contribution in [2.24, 2.45) is 5.92 Å². The molecular weight excluding hydrogens is 230 g/mol. The molecule has 1 aliphatic rings. The molecule has 17 heavy (non-hydrogen) atoms. The van der Waals surface area contributed by atoms with Crippen LogP contribution in [0.3, 0.4) is 0 Å². The van der Waals surface area contributed by atoms with Crippen LogP contribution in [0.15, 0.2) is 23.1 Å². The Balaban J connectivity index is 1.75. The predicted molar refractivity (Wildman–Crippen MR) is 72.4 cm³/mol. The summed E-state index contributed by atoms with van der Waals surface area (Å²) >= 11 is 1.61. The minimum atomic E-state index is 0.153. The number of benzene rings is 1. The van der Waals surface area contributed by atoms with E-state index in [1.54, 1.807) is 11.8 Å². The predicted octanol–water partition coefficient (Wildman–Crippen LogP) is 2.92. The fourth-order valence-electron chi connectivity index (χ4n) is 1.58. The Morgan fingerprint density at radius 1 is 1.35 bits per heavy atom. The molecule has 0 heterocycles. The minimum Gasteiger partial charge on any atom is -0.355 e. The number of hydrogen-bond donors (Lipinski definition) is 1. The molecule has 2 nitrogen and oxygen atoms in total. The Morgan fingerprint density at radius 3 is 2.76 bits per heavy atom. The number of nitrogens with one attached hydrogen (secondary N) is 1. The van der Waals surface area contributed by atoms with E-state index in [1.165, 1.54) is 28.9 Å². The van der Waals surface area contributed by atoms with Crippen LogP contribution >= 0.6 is 11.8 Å². The number of amides is 1. The van der Waals surface area contributed by atoms with Crippen LogP contribution in [0.1, 0.15) is 24.0 Å². The molecule has 0 atom stereocenters. The van der Waals surface area contributed by atoms with Gasteiger partial charge in [0.1, 0.15) is 0 Å². The topological polar surface area (TPSA) is 29.1 Å². The highest BCUT2D eigenvalue weighted by Crippen LogP contribution is 2.27. The van der Waals surface area contributed by atoms with Gasteiger partial charge in [-0.3, -0.25) is 4.79 Å². The second-order valence-corrected chi connectivity index (χ2v) is 5.83. The van der Waals surface area contributed by atoms with Gasteiger partial charge in [-0.25, -0.2) is 0 Å². The fourth-order valence-corrected chi connectivity index (χ4v) is 2.41. The first-order valence-corrected chi connectivity index (χ1v) is 7.10. The van der Waals surface area contributed by atoms with Crippen molar-refractivity contribution in [3.63, 3.8) is 0 Å². The molecule has 0 aliphatic heterocycles. The lowest BCUT2D eigenvalue weighted by Crippen LogP contribution is -2.27. The highest BCUT2D eigenvalue weighted by Gasteiger charge is 2.21. The molecule has 0 bridgehead atoms. The summed E-state index contributed by atoms with van der Waals surface area (Å²) in [4.78, 5) is 12.7. The van der Waals surface area contributed by atoms with E-state index in [9.17, 15) is 4.79 Å². The average molecular weight is 249 g/mol. The Kier molecular flexibility index (Phi) is 4.11. The molecule has 1 fully saturated rings. The summed E-state index contributed by atoms with van der Waals surface area (Å²) in [5, 5.41) is 2.98. The van der Waals surface area contributed by atoms with Crippen LogP contribution in [-0.4, -0.2) is 18.2 Å². The lowest BCUT2D eigenvalue weighted by atomic mass is 10.1. The van der Waals surface area contributed by atoms with Gasteiger partial charge in [-0.05, 0) is 55.9 Å². The molecule has 1 aliphatic carbocycles.